The second-order valence-electron chi connectivity index (χ2n) is 28.9. The van der Waals surface area contributed by atoms with E-state index in [2.05, 4.69) is 0 Å². The van der Waals surface area contributed by atoms with Crippen LogP contribution in [-0.2, 0) is 114 Å². The normalized spacial score (nSPS) is 44.2. The fraction of sp³-hybridized carbons (Fsp3) is 0.889. The Labute approximate surface area is 785 Å². The van der Waals surface area contributed by atoms with Gasteiger partial charge in [-0.1, -0.05) is 0 Å². The monoisotopic (exact) mass is 2020 g/mol. The summed E-state index contributed by atoms with van der Waals surface area (Å²) in [5, 5.41) is 275. The van der Waals surface area contributed by atoms with Crippen molar-refractivity contribution in [3.8, 4) is 0 Å². The third kappa shape index (κ3) is 30.6. The molecule has 40 atom stereocenters. The molecular formula is C72H112O48S8. The molecule has 48 nitrogen and oxygen atoms in total. The van der Waals surface area contributed by atoms with E-state index in [9.17, 15) is 183 Å². The van der Waals surface area contributed by atoms with Crippen molar-refractivity contribution < 1.29 is 259 Å². The molecule has 0 aromatic rings. The topological polar surface area (TPSA) is 770 Å². The molecule has 30 fully saturated rings. The van der Waals surface area contributed by atoms with E-state index in [0.29, 0.717) is 0 Å². The van der Waals surface area contributed by atoms with Crippen LogP contribution in [0.25, 0.3) is 0 Å². The molecule has 56 heteroatoms. The number of hydrogen-bond acceptors (Lipinski definition) is 48. The van der Waals surface area contributed by atoms with Crippen LogP contribution in [0.15, 0.2) is 0 Å². The first kappa shape index (κ1) is 86.8. The molecule has 0 saturated carbocycles. The summed E-state index contributed by atoms with van der Waals surface area (Å²) in [6.07, 6.45) is -120. The number of aliphatic hydroxyl groups is 16. The molecule has 128 heavy (non-hydrogen) atoms. The van der Waals surface area contributed by atoms with Gasteiger partial charge in [-0.2, -0.15) is 94.1 Å². The van der Waals surface area contributed by atoms with Gasteiger partial charge in [0.15, 0.2) is 50.3 Å². The molecule has 30 aliphatic heterocycles. The van der Waals surface area contributed by atoms with Gasteiger partial charge in [-0.3, -0.25) is 38.4 Å². The lowest BCUT2D eigenvalue weighted by Crippen LogP contribution is -2.69. The molecule has 24 N–H and O–H groups in total. The highest BCUT2D eigenvalue weighted by Crippen LogP contribution is 2.43. The quantitative estimate of drug-likeness (QED) is 0.0271. The number of carboxylic acids is 8. The molecule has 30 saturated heterocycles. The van der Waals surface area contributed by atoms with E-state index in [1.54, 1.807) is 0 Å². The molecule has 736 valence electrons. The van der Waals surface area contributed by atoms with Crippen molar-refractivity contribution in [3.63, 3.8) is 0 Å². The zero-order valence-corrected chi connectivity index (χ0v) is 72.7. The zero-order chi connectivity index (χ0) is 108. The molecule has 0 radical (unpaired) electrons. The van der Waals surface area contributed by atoms with Crippen LogP contribution in [0, 0.1) is 0 Å². The number of carbonyl (C=O) groups is 8. The van der Waals surface area contributed by atoms with Crippen LogP contribution in [0.1, 0.15) is 73.3 Å². The van der Waals surface area contributed by atoms with Gasteiger partial charge < -0.3 is 198 Å². The molecule has 0 aromatic heterocycles. The van der Waals surface area contributed by atoms with Gasteiger partial charge in [-0.05, 0) is 0 Å². The van der Waals surface area contributed by atoms with E-state index in [0.717, 1.165) is 0 Å². The van der Waals surface area contributed by atoms with Crippen molar-refractivity contribution >= 4 is 142 Å². The van der Waals surface area contributed by atoms with E-state index in [-0.39, 0.29) is 94.1 Å². The van der Waals surface area contributed by atoms with Gasteiger partial charge in [-0.25, -0.2) is 0 Å². The molecule has 0 aliphatic carbocycles. The summed E-state index contributed by atoms with van der Waals surface area (Å²) in [6, 6.07) is 0. The van der Waals surface area contributed by atoms with Crippen molar-refractivity contribution in [2.45, 2.75) is 297 Å². The van der Waals surface area contributed by atoms with Crippen LogP contribution < -0.4 is 0 Å². The summed E-state index contributed by atoms with van der Waals surface area (Å²) in [7, 11) is 0. The number of aliphatic carboxylic acids is 8. The second kappa shape index (κ2) is 52.7. The number of thioether (sulfide) groups is 8. The van der Waals surface area contributed by atoms with Crippen LogP contribution in [0.3, 0.4) is 0 Å². The number of rotatable bonds is 40. The Morgan fingerprint density at radius 2 is 0.266 bits per heavy atom. The Bertz CT molecular complexity index is 3500. The first-order chi connectivity index (χ1) is 66.6. The van der Waals surface area contributed by atoms with Crippen molar-refractivity contribution in [1.29, 1.82) is 0 Å². The summed E-state index contributed by atoms with van der Waals surface area (Å²) >= 11 is 0.192. The number of hydrogen-bond donors (Lipinski definition) is 24. The van der Waals surface area contributed by atoms with Gasteiger partial charge in [0.05, 0.1) is 100 Å². The zero-order valence-electron chi connectivity index (χ0n) is 82.2. The van der Waals surface area contributed by atoms with Crippen LogP contribution >= 0.6 is 94.1 Å². The Morgan fingerprint density at radius 3 is 0.352 bits per heavy atom. The van der Waals surface area contributed by atoms with E-state index in [4.69, 9.17) is 75.8 Å². The van der Waals surface area contributed by atoms with Crippen molar-refractivity contribution in [3.05, 3.63) is 0 Å². The van der Waals surface area contributed by atoms with Crippen molar-refractivity contribution in [2.75, 3.05) is 91.7 Å². The average molecular weight is 2020 g/mol. The first-order valence-corrected chi connectivity index (χ1v) is 46.7. The third-order valence-electron chi connectivity index (χ3n) is 19.6. The largest absolute Gasteiger partial charge is 0.481 e. The van der Waals surface area contributed by atoms with Crippen LogP contribution in [0.2, 0.25) is 0 Å². The van der Waals surface area contributed by atoms with Gasteiger partial charge in [0.2, 0.25) is 0 Å². The molecule has 0 unspecified atom stereocenters. The maximum Gasteiger partial charge on any atom is 0.304 e. The maximum absolute atomic E-state index is 12.4. The Morgan fingerprint density at radius 1 is 0.172 bits per heavy atom. The highest BCUT2D eigenvalue weighted by molar-refractivity contribution is 8.00. The van der Waals surface area contributed by atoms with E-state index in [1.807, 2.05) is 0 Å². The minimum Gasteiger partial charge on any atom is -0.481 e. The van der Waals surface area contributed by atoms with Crippen LogP contribution in [0.5, 0.6) is 0 Å². The predicted octanol–water partition coefficient (Wildman–Crippen LogP) is -7.68. The molecule has 30 rings (SSSR count). The molecule has 0 spiro atoms. The van der Waals surface area contributed by atoms with Gasteiger partial charge in [-0.15, -0.1) is 0 Å². The lowest BCUT2D eigenvalue weighted by molar-refractivity contribution is -0.396. The van der Waals surface area contributed by atoms with Gasteiger partial charge in [0.1, 0.15) is 146 Å². The fourth-order valence-electron chi connectivity index (χ4n) is 13.0. The third-order valence-corrected chi connectivity index (χ3v) is 26.1. The summed E-state index contributed by atoms with van der Waals surface area (Å²) < 4.78 is 246. The molecule has 0 amide bonds. The molecule has 30 aliphatic rings. The summed E-state index contributed by atoms with van der Waals surface area (Å²) in [6.45, 7) is 0. The summed E-state index contributed by atoms with van der Waals surface area (Å²) in [5.74, 6) is -18.8. The minimum absolute atomic E-state index is 0.0240. The second-order valence-corrected chi connectivity index (χ2v) is 36.4. The molecule has 30 heterocycles. The van der Waals surface area contributed by atoms with E-state index < -0.39 is 436 Å². The standard InChI is InChI=1S/C72H112O48S8/c73-33(74)1-9-121-17-25-57-41(89)49(97)65(105-25)114-58-26(18-122-10-2-34(75)76)107-67(51(99)43(58)91)116-60-28(20-124-12-4-36(79)80)109-69(53(101)45(60)93)118-62-30(22-126-14-6-38(83)84)111-71(55(103)47(62)95)120-64-32(24-128-16-8-40(87)88)112-72(56(104)48(64)96)119-63-31(23-127-15-7-39(85)86)110-70(54(102)46(63)94)117-61-29(21-125-13-5-37(81)82)108-68(52(100)44(61)92)115-59-27(19-123-11-3-35(77)78)106-66(113-57)50(98)42(59)90/h25-32,41-72,89-104H,1-24H2,(H,73,74)(H,75,76)(H,77,78)(H,79,80)(H,81,82)(H,83,84)(H,85,86)(H,87,88)/t25-,26-,27-,28-,29-,30-,31-,32-,41-,42-,43-,44-,45-,46-,47-,48-,49-,50-,51-,52-,53-,54-,55-,56-,57-,58-,59-,60-,61-,62-,63-,64-,65-,66-,67-,68-,69-,70-,71-,72-/m1/s1/i17D2,18D2,19D2,20D2,21D2,22D2,23D2,24D2. The predicted molar refractivity (Wildman–Crippen MR) is 441 cm³/mol. The summed E-state index contributed by atoms with van der Waals surface area (Å²) in [4.78, 5) is 95.7. The maximum atomic E-state index is 12.4. The van der Waals surface area contributed by atoms with E-state index in [1.165, 1.54) is 0 Å². The number of aliphatic hydroxyl groups excluding tert-OH is 16. The minimum atomic E-state index is -3.34. The van der Waals surface area contributed by atoms with Gasteiger partial charge in [0.25, 0.3) is 0 Å². The number of carboxylic acid groups (broad SMARTS) is 8. The lowest BCUT2D eigenvalue weighted by Gasteiger charge is -2.51. The van der Waals surface area contributed by atoms with Crippen LogP contribution in [-0.4, -0.2) is 508 Å². The molecule has 0 aromatic carbocycles. The lowest BCUT2D eigenvalue weighted by atomic mass is 9.95. The highest BCUT2D eigenvalue weighted by atomic mass is 32.2. The van der Waals surface area contributed by atoms with Gasteiger partial charge in [0, 0.05) is 114 Å². The SMILES string of the molecule is [2H]C([2H])(SCCC(=O)O)[C@H]1O[C@@H]2O[C@H]3[C@H](O)[C@@H](O)[C@@H](O[C@H]4[C@H](O)[C@@H](O)[C@@H](O[C@H]5[C@H](O)[C@@H](O)[C@@H](O[C@H]6[C@H](O)[C@@H](O)[C@@H](O[C@H]7[C@H](O)[C@@H](O)[C@@H](O[C@H]8[C@H](O)[C@@H](O)[C@@H](O[C@H]9[C@H](O)[C@@H](O)[C@@H](O[C@H]1[C@H](O)[C@H]2O)O[C@@H]9C([2H])([2H])SCCC(=O)O)O[C@@H]8C([2H])([2H])SCCC(=O)O)O[C@@H]7C([2H])([2H])SCCC(=O)O)O[C@@H]6C([2H])([2H])SCCC(=O)O)O[C@@H]5C([2H])([2H])SCCC(=O)O)O[C@@H]4C([2H])([2H])SCCC(=O)O)O[C@@H]3C([2H])([2H])SCCC(=O)O. The number of ether oxygens (including phenoxy) is 16. The van der Waals surface area contributed by atoms with E-state index >= 15 is 0 Å². The summed E-state index contributed by atoms with van der Waals surface area (Å²) in [5.41, 5.74) is -26.7. The smallest absolute Gasteiger partial charge is 0.304 e. The van der Waals surface area contributed by atoms with Crippen molar-refractivity contribution in [1.82, 2.24) is 0 Å². The Kier molecular flexibility index (Phi) is 35.8. The molecular weight excluding hydrogens is 1890 g/mol. The fourth-order valence-corrected chi connectivity index (χ4v) is 19.0. The Balaban J connectivity index is 1.23. The van der Waals surface area contributed by atoms with Crippen molar-refractivity contribution in [2.24, 2.45) is 0 Å². The average Bonchev–Trinajstić information content (AvgIpc) is 0.746. The Hall–Kier alpha value is -2.72. The first-order valence-electron chi connectivity index (χ1n) is 46.8. The molecule has 16 bridgehead atoms. The van der Waals surface area contributed by atoms with Gasteiger partial charge >= 0.3 is 47.8 Å². The highest BCUT2D eigenvalue weighted by Gasteiger charge is 2.61. The van der Waals surface area contributed by atoms with Crippen LogP contribution in [0.4, 0.5) is 0 Å².